The second-order valence-electron chi connectivity index (χ2n) is 2.97. The maximum absolute atomic E-state index is 8.75. The zero-order chi connectivity index (χ0) is 10.7. The normalized spacial score (nSPS) is 9.87. The summed E-state index contributed by atoms with van der Waals surface area (Å²) in [6.07, 6.45) is 1.65. The fourth-order valence-corrected chi connectivity index (χ4v) is 1.92. The van der Waals surface area contributed by atoms with E-state index in [1.165, 1.54) is 11.8 Å². The molecule has 5 heteroatoms. The van der Waals surface area contributed by atoms with Gasteiger partial charge >= 0.3 is 0 Å². The highest BCUT2D eigenvalue weighted by atomic mass is 32.2. The number of hydrogen-bond donors (Lipinski definition) is 0. The average molecular weight is 216 g/mol. The first-order chi connectivity index (χ1) is 7.29. The maximum atomic E-state index is 8.75. The van der Waals surface area contributed by atoms with Crippen molar-refractivity contribution in [2.24, 2.45) is 7.05 Å². The summed E-state index contributed by atoms with van der Waals surface area (Å²) in [5.74, 6) is 0. The smallest absolute Gasteiger partial charge is 0.195 e. The van der Waals surface area contributed by atoms with E-state index in [4.69, 9.17) is 5.26 Å². The predicted molar refractivity (Wildman–Crippen MR) is 56.3 cm³/mol. The molecular weight excluding hydrogens is 208 g/mol. The number of benzene rings is 1. The average Bonchev–Trinajstić information content (AvgIpc) is 2.65. The highest BCUT2D eigenvalue weighted by Crippen LogP contribution is 2.25. The topological polar surface area (TPSA) is 54.5 Å². The molecule has 0 N–H and O–H groups in total. The van der Waals surface area contributed by atoms with Crippen LogP contribution in [0.15, 0.2) is 40.6 Å². The third kappa shape index (κ3) is 2.17. The number of nitrogens with zero attached hydrogens (tertiary/aromatic N) is 4. The van der Waals surface area contributed by atoms with Crippen LogP contribution in [0.4, 0.5) is 0 Å². The second kappa shape index (κ2) is 4.15. The van der Waals surface area contributed by atoms with E-state index in [9.17, 15) is 0 Å². The number of rotatable bonds is 2. The van der Waals surface area contributed by atoms with Crippen molar-refractivity contribution < 1.29 is 0 Å². The molecule has 0 saturated carbocycles. The predicted octanol–water partition coefficient (Wildman–Crippen LogP) is 1.84. The molecule has 2 aromatic rings. The van der Waals surface area contributed by atoms with Crippen molar-refractivity contribution in [3.8, 4) is 6.07 Å². The van der Waals surface area contributed by atoms with Crippen LogP contribution in [0, 0.1) is 11.3 Å². The molecule has 1 aromatic heterocycles. The summed E-state index contributed by atoms with van der Waals surface area (Å²) >= 11 is 1.49. The van der Waals surface area contributed by atoms with Crippen LogP contribution in [0.2, 0.25) is 0 Å². The number of nitriles is 1. The Morgan fingerprint density at radius 2 is 2.33 bits per heavy atom. The Hall–Kier alpha value is -1.80. The van der Waals surface area contributed by atoms with Gasteiger partial charge in [0.25, 0.3) is 0 Å². The number of aryl methyl sites for hydroxylation is 1. The lowest BCUT2D eigenvalue weighted by Gasteiger charge is -2.00. The van der Waals surface area contributed by atoms with Gasteiger partial charge in [-0.15, -0.1) is 10.2 Å². The molecule has 0 fully saturated rings. The minimum Gasteiger partial charge on any atom is -0.311 e. The van der Waals surface area contributed by atoms with Crippen molar-refractivity contribution in [3.63, 3.8) is 0 Å². The molecule has 0 aliphatic heterocycles. The van der Waals surface area contributed by atoms with Crippen molar-refractivity contribution in [2.75, 3.05) is 0 Å². The first kappa shape index (κ1) is 9.74. The Morgan fingerprint density at radius 1 is 1.47 bits per heavy atom. The first-order valence-corrected chi connectivity index (χ1v) is 5.13. The monoisotopic (exact) mass is 216 g/mol. The van der Waals surface area contributed by atoms with E-state index in [1.807, 2.05) is 29.8 Å². The van der Waals surface area contributed by atoms with Gasteiger partial charge in [0, 0.05) is 11.9 Å². The van der Waals surface area contributed by atoms with E-state index >= 15 is 0 Å². The Morgan fingerprint density at radius 3 is 3.00 bits per heavy atom. The fraction of sp³-hybridized carbons (Fsp3) is 0.100. The van der Waals surface area contributed by atoms with Crippen molar-refractivity contribution in [1.82, 2.24) is 14.8 Å². The lowest BCUT2D eigenvalue weighted by molar-refractivity contribution is 0.788. The van der Waals surface area contributed by atoms with Gasteiger partial charge in [-0.1, -0.05) is 6.07 Å². The van der Waals surface area contributed by atoms with Gasteiger partial charge in [-0.2, -0.15) is 5.26 Å². The van der Waals surface area contributed by atoms with Crippen LogP contribution in [-0.2, 0) is 7.05 Å². The van der Waals surface area contributed by atoms with E-state index in [-0.39, 0.29) is 0 Å². The summed E-state index contributed by atoms with van der Waals surface area (Å²) in [5.41, 5.74) is 0.655. The minimum atomic E-state index is 0.655. The van der Waals surface area contributed by atoms with E-state index in [1.54, 1.807) is 12.4 Å². The molecule has 2 rings (SSSR count). The molecule has 0 bridgehead atoms. The van der Waals surface area contributed by atoms with Crippen LogP contribution in [0.3, 0.4) is 0 Å². The van der Waals surface area contributed by atoms with Crippen molar-refractivity contribution in [3.05, 3.63) is 36.2 Å². The Bertz CT molecular complexity index is 512. The van der Waals surface area contributed by atoms with E-state index in [0.717, 1.165) is 10.1 Å². The van der Waals surface area contributed by atoms with Gasteiger partial charge in [0.05, 0.1) is 11.6 Å². The summed E-state index contributed by atoms with van der Waals surface area (Å²) in [4.78, 5) is 0.991. The van der Waals surface area contributed by atoms with Crippen LogP contribution in [0.25, 0.3) is 0 Å². The molecule has 0 aliphatic rings. The van der Waals surface area contributed by atoms with Gasteiger partial charge in [-0.3, -0.25) is 0 Å². The third-order valence-corrected chi connectivity index (χ3v) is 2.88. The molecule has 0 amide bonds. The van der Waals surface area contributed by atoms with Gasteiger partial charge in [0.15, 0.2) is 5.16 Å². The van der Waals surface area contributed by atoms with Gasteiger partial charge in [0.2, 0.25) is 0 Å². The van der Waals surface area contributed by atoms with Crippen LogP contribution in [-0.4, -0.2) is 14.8 Å². The molecule has 0 atom stereocenters. The lowest BCUT2D eigenvalue weighted by Crippen LogP contribution is -1.88. The van der Waals surface area contributed by atoms with Crippen molar-refractivity contribution in [2.45, 2.75) is 10.1 Å². The van der Waals surface area contributed by atoms with Crippen LogP contribution in [0.1, 0.15) is 5.56 Å². The molecular formula is C10H8N4S. The van der Waals surface area contributed by atoms with E-state index in [0.29, 0.717) is 5.56 Å². The summed E-state index contributed by atoms with van der Waals surface area (Å²) in [7, 11) is 1.89. The molecule has 15 heavy (non-hydrogen) atoms. The van der Waals surface area contributed by atoms with Gasteiger partial charge < -0.3 is 4.57 Å². The van der Waals surface area contributed by atoms with Gasteiger partial charge in [0.1, 0.15) is 6.33 Å². The molecule has 0 spiro atoms. The first-order valence-electron chi connectivity index (χ1n) is 4.31. The standard InChI is InChI=1S/C10H8N4S/c1-14-7-12-13-10(14)15-9-4-2-3-8(5-9)6-11/h2-5,7H,1H3. The van der Waals surface area contributed by atoms with Crippen LogP contribution in [0.5, 0.6) is 0 Å². The van der Waals surface area contributed by atoms with E-state index < -0.39 is 0 Å². The zero-order valence-electron chi connectivity index (χ0n) is 8.08. The molecule has 0 saturated heterocycles. The molecule has 0 unspecified atom stereocenters. The summed E-state index contributed by atoms with van der Waals surface area (Å²) in [6.45, 7) is 0. The highest BCUT2D eigenvalue weighted by Gasteiger charge is 2.03. The second-order valence-corrected chi connectivity index (χ2v) is 4.01. The molecule has 1 heterocycles. The minimum absolute atomic E-state index is 0.655. The Kier molecular flexibility index (Phi) is 2.70. The van der Waals surface area contributed by atoms with E-state index in [2.05, 4.69) is 16.3 Å². The molecule has 0 aliphatic carbocycles. The number of hydrogen-bond acceptors (Lipinski definition) is 4. The molecule has 1 aromatic carbocycles. The molecule has 0 radical (unpaired) electrons. The zero-order valence-corrected chi connectivity index (χ0v) is 8.90. The lowest BCUT2D eigenvalue weighted by atomic mass is 10.2. The molecule has 4 nitrogen and oxygen atoms in total. The number of aromatic nitrogens is 3. The van der Waals surface area contributed by atoms with Gasteiger partial charge in [-0.25, -0.2) is 0 Å². The summed E-state index contributed by atoms with van der Waals surface area (Å²) in [5, 5.41) is 17.3. The van der Waals surface area contributed by atoms with Crippen LogP contribution < -0.4 is 0 Å². The third-order valence-electron chi connectivity index (χ3n) is 1.84. The summed E-state index contributed by atoms with van der Waals surface area (Å²) in [6, 6.07) is 9.52. The Labute approximate surface area is 91.6 Å². The fourth-order valence-electron chi connectivity index (χ4n) is 1.10. The van der Waals surface area contributed by atoms with Crippen molar-refractivity contribution >= 4 is 11.8 Å². The molecule has 74 valence electrons. The highest BCUT2D eigenvalue weighted by molar-refractivity contribution is 7.99. The SMILES string of the molecule is Cn1cnnc1Sc1cccc(C#N)c1. The van der Waals surface area contributed by atoms with Crippen molar-refractivity contribution in [1.29, 1.82) is 5.26 Å². The summed E-state index contributed by atoms with van der Waals surface area (Å²) < 4.78 is 1.84. The Balaban J connectivity index is 2.25. The quantitative estimate of drug-likeness (QED) is 0.768. The van der Waals surface area contributed by atoms with Crippen LogP contribution >= 0.6 is 11.8 Å². The van der Waals surface area contributed by atoms with Gasteiger partial charge in [-0.05, 0) is 30.0 Å². The maximum Gasteiger partial charge on any atom is 0.195 e. The largest absolute Gasteiger partial charge is 0.311 e.